The first-order chi connectivity index (χ1) is 11.6. The van der Waals surface area contributed by atoms with Crippen LogP contribution >= 0.6 is 11.8 Å². The molecule has 3 N–H and O–H groups in total. The molecule has 24 heavy (non-hydrogen) atoms. The van der Waals surface area contributed by atoms with E-state index in [4.69, 9.17) is 10.2 Å². The van der Waals surface area contributed by atoms with Crippen molar-refractivity contribution < 1.29 is 14.0 Å². The summed E-state index contributed by atoms with van der Waals surface area (Å²) in [5.74, 6) is -0.287. The minimum absolute atomic E-state index is 0.0275. The minimum atomic E-state index is -0.708. The van der Waals surface area contributed by atoms with Crippen LogP contribution in [0.1, 0.15) is 17.0 Å². The van der Waals surface area contributed by atoms with Gasteiger partial charge in [0.15, 0.2) is 0 Å². The summed E-state index contributed by atoms with van der Waals surface area (Å²) in [6, 6.07) is 17.0. The maximum Gasteiger partial charge on any atom is 0.286 e. The van der Waals surface area contributed by atoms with Gasteiger partial charge in [0.25, 0.3) is 5.91 Å². The predicted molar refractivity (Wildman–Crippen MR) is 95.1 cm³/mol. The molecule has 2 amide bonds. The molecule has 0 saturated carbocycles. The van der Waals surface area contributed by atoms with Gasteiger partial charge in [-0.1, -0.05) is 30.3 Å². The second-order valence-corrected chi connectivity index (χ2v) is 6.29. The van der Waals surface area contributed by atoms with E-state index in [2.05, 4.69) is 5.32 Å². The van der Waals surface area contributed by atoms with Crippen LogP contribution in [0.25, 0.3) is 11.0 Å². The zero-order chi connectivity index (χ0) is 16.9. The third-order valence-corrected chi connectivity index (χ3v) is 4.44. The zero-order valence-corrected chi connectivity index (χ0v) is 13.6. The Balaban J connectivity index is 1.69. The van der Waals surface area contributed by atoms with Gasteiger partial charge in [0.05, 0.1) is 0 Å². The van der Waals surface area contributed by atoms with Crippen LogP contribution in [0.5, 0.6) is 0 Å². The average Bonchev–Trinajstić information content (AvgIpc) is 2.95. The number of nitrogens with one attached hydrogen (secondary N) is 1. The van der Waals surface area contributed by atoms with Crippen LogP contribution < -0.4 is 11.1 Å². The Bertz CT molecular complexity index is 874. The number of furan rings is 1. The molecule has 0 atom stereocenters. The van der Waals surface area contributed by atoms with Crippen molar-refractivity contribution in [1.29, 1.82) is 0 Å². The molecule has 6 heteroatoms. The minimum Gasteiger partial charge on any atom is -0.449 e. The van der Waals surface area contributed by atoms with Gasteiger partial charge in [0.1, 0.15) is 11.3 Å². The van der Waals surface area contributed by atoms with Crippen molar-refractivity contribution in [2.24, 2.45) is 5.73 Å². The zero-order valence-electron chi connectivity index (χ0n) is 12.8. The van der Waals surface area contributed by atoms with Gasteiger partial charge < -0.3 is 15.5 Å². The summed E-state index contributed by atoms with van der Waals surface area (Å²) in [6.07, 6.45) is 0.317. The van der Waals surface area contributed by atoms with Crippen molar-refractivity contribution in [1.82, 2.24) is 0 Å². The normalized spacial score (nSPS) is 10.7. The second-order valence-electron chi connectivity index (χ2n) is 5.13. The predicted octanol–water partition coefficient (Wildman–Crippen LogP) is 3.65. The van der Waals surface area contributed by atoms with Crippen LogP contribution in [0, 0.1) is 0 Å². The largest absolute Gasteiger partial charge is 0.449 e. The summed E-state index contributed by atoms with van der Waals surface area (Å²) in [5.41, 5.74) is 6.20. The highest BCUT2D eigenvalue weighted by atomic mass is 32.2. The van der Waals surface area contributed by atoms with Crippen molar-refractivity contribution >= 4 is 40.2 Å². The highest BCUT2D eigenvalue weighted by Gasteiger charge is 2.19. The first-order valence-corrected chi connectivity index (χ1v) is 8.43. The topological polar surface area (TPSA) is 85.3 Å². The Labute approximate surface area is 143 Å². The van der Waals surface area contributed by atoms with E-state index in [1.807, 2.05) is 36.4 Å². The number of thioether (sulfide) groups is 1. The third-order valence-electron chi connectivity index (χ3n) is 3.42. The molecule has 3 rings (SSSR count). The van der Waals surface area contributed by atoms with Crippen molar-refractivity contribution in [3.05, 3.63) is 60.4 Å². The third kappa shape index (κ3) is 3.60. The lowest BCUT2D eigenvalue weighted by molar-refractivity contribution is -0.115. The summed E-state index contributed by atoms with van der Waals surface area (Å²) in [4.78, 5) is 24.9. The van der Waals surface area contributed by atoms with Crippen molar-refractivity contribution in [2.75, 3.05) is 11.1 Å². The van der Waals surface area contributed by atoms with E-state index in [1.165, 1.54) is 0 Å². The van der Waals surface area contributed by atoms with Crippen molar-refractivity contribution in [2.45, 2.75) is 11.3 Å². The summed E-state index contributed by atoms with van der Waals surface area (Å²) < 4.78 is 5.44. The second kappa shape index (κ2) is 7.23. The van der Waals surface area contributed by atoms with Gasteiger partial charge in [-0.15, -0.1) is 11.8 Å². The molecule has 0 aliphatic carbocycles. The maximum atomic E-state index is 12.2. The smallest absolute Gasteiger partial charge is 0.286 e. The fourth-order valence-electron chi connectivity index (χ4n) is 2.32. The molecule has 0 unspecified atom stereocenters. The number of nitrogens with two attached hydrogens (primary N) is 1. The number of rotatable bonds is 6. The van der Waals surface area contributed by atoms with Crippen LogP contribution in [-0.4, -0.2) is 17.6 Å². The standard InChI is InChI=1S/C18H16N2O3S/c19-18(22)17-16(13-8-4-5-9-14(13)23-17)20-15(21)10-11-24-12-6-2-1-3-7-12/h1-9H,10-11H2,(H2,19,22)(H,20,21). The van der Waals surface area contributed by atoms with Gasteiger partial charge in [-0.05, 0) is 24.3 Å². The number of hydrogen-bond donors (Lipinski definition) is 2. The van der Waals surface area contributed by atoms with E-state index < -0.39 is 5.91 Å². The molecule has 1 aromatic heterocycles. The van der Waals surface area contributed by atoms with E-state index >= 15 is 0 Å². The van der Waals surface area contributed by atoms with Crippen LogP contribution in [0.15, 0.2) is 63.9 Å². The van der Waals surface area contributed by atoms with Gasteiger partial charge in [-0.3, -0.25) is 9.59 Å². The molecule has 2 aromatic carbocycles. The highest BCUT2D eigenvalue weighted by Crippen LogP contribution is 2.30. The number of hydrogen-bond acceptors (Lipinski definition) is 4. The molecule has 1 heterocycles. The summed E-state index contributed by atoms with van der Waals surface area (Å²) >= 11 is 1.60. The number of carbonyl (C=O) groups is 2. The van der Waals surface area contributed by atoms with E-state index in [-0.39, 0.29) is 11.7 Å². The number of amides is 2. The number of primary amides is 1. The Morgan fingerprint density at radius 3 is 2.50 bits per heavy atom. The molecule has 0 radical (unpaired) electrons. The first-order valence-electron chi connectivity index (χ1n) is 7.44. The monoisotopic (exact) mass is 340 g/mol. The molecule has 122 valence electrons. The summed E-state index contributed by atoms with van der Waals surface area (Å²) in [5, 5.41) is 3.42. The molecule has 0 aliphatic heterocycles. The Hall–Kier alpha value is -2.73. The molecule has 0 aliphatic rings. The Morgan fingerprint density at radius 2 is 1.75 bits per heavy atom. The lowest BCUT2D eigenvalue weighted by Crippen LogP contribution is -2.17. The molecular formula is C18H16N2O3S. The number of carbonyl (C=O) groups excluding carboxylic acids is 2. The quantitative estimate of drug-likeness (QED) is 0.671. The van der Waals surface area contributed by atoms with E-state index in [0.717, 1.165) is 4.90 Å². The van der Waals surface area contributed by atoms with E-state index in [9.17, 15) is 9.59 Å². The van der Waals surface area contributed by atoms with Gasteiger partial charge in [-0.25, -0.2) is 0 Å². The van der Waals surface area contributed by atoms with Gasteiger partial charge in [-0.2, -0.15) is 0 Å². The number of para-hydroxylation sites is 1. The molecule has 5 nitrogen and oxygen atoms in total. The van der Waals surface area contributed by atoms with Crippen LogP contribution in [-0.2, 0) is 4.79 Å². The van der Waals surface area contributed by atoms with Gasteiger partial charge >= 0.3 is 0 Å². The van der Waals surface area contributed by atoms with Crippen LogP contribution in [0.3, 0.4) is 0 Å². The maximum absolute atomic E-state index is 12.2. The SMILES string of the molecule is NC(=O)c1oc2ccccc2c1NC(=O)CCSc1ccccc1. The molecule has 0 bridgehead atoms. The fraction of sp³-hybridized carbons (Fsp3) is 0.111. The van der Waals surface area contributed by atoms with Crippen molar-refractivity contribution in [3.63, 3.8) is 0 Å². The molecule has 0 fully saturated rings. The molecular weight excluding hydrogens is 324 g/mol. The molecule has 0 spiro atoms. The molecule has 0 saturated heterocycles. The molecule has 3 aromatic rings. The lowest BCUT2D eigenvalue weighted by atomic mass is 10.2. The van der Waals surface area contributed by atoms with E-state index in [1.54, 1.807) is 30.0 Å². The van der Waals surface area contributed by atoms with Crippen molar-refractivity contribution in [3.8, 4) is 0 Å². The van der Waals surface area contributed by atoms with Gasteiger partial charge in [0, 0.05) is 22.5 Å². The Morgan fingerprint density at radius 1 is 1.04 bits per heavy atom. The van der Waals surface area contributed by atoms with Gasteiger partial charge in [0.2, 0.25) is 11.7 Å². The first kappa shape index (κ1) is 16.1. The number of benzene rings is 2. The average molecular weight is 340 g/mol. The summed E-state index contributed by atoms with van der Waals surface area (Å²) in [6.45, 7) is 0. The van der Waals surface area contributed by atoms with Crippen LogP contribution in [0.4, 0.5) is 5.69 Å². The Kier molecular flexibility index (Phi) is 4.86. The fourth-order valence-corrected chi connectivity index (χ4v) is 3.20. The van der Waals surface area contributed by atoms with E-state index in [0.29, 0.717) is 28.8 Å². The highest BCUT2D eigenvalue weighted by molar-refractivity contribution is 7.99. The number of anilines is 1. The van der Waals surface area contributed by atoms with Crippen LogP contribution in [0.2, 0.25) is 0 Å². The summed E-state index contributed by atoms with van der Waals surface area (Å²) in [7, 11) is 0. The number of fused-ring (bicyclic) bond motifs is 1. The lowest BCUT2D eigenvalue weighted by Gasteiger charge is -2.05.